The molecule has 0 aliphatic heterocycles. The monoisotopic (exact) mass is 123 g/mol. The van der Waals surface area contributed by atoms with Crippen molar-refractivity contribution in [3.05, 3.63) is 36.5 Å². The molecule has 9 heavy (non-hydrogen) atoms. The van der Waals surface area contributed by atoms with Crippen molar-refractivity contribution in [2.24, 2.45) is 5.73 Å². The zero-order valence-corrected chi connectivity index (χ0v) is 5.85. The standard InChI is InChI=1S/C8H13N/c1-7(2)4-5-8(3)6-9/h4-5H,1,3,6,9H2,2H3. The average molecular weight is 123 g/mol. The summed E-state index contributed by atoms with van der Waals surface area (Å²) in [5.41, 5.74) is 7.22. The van der Waals surface area contributed by atoms with E-state index in [9.17, 15) is 0 Å². The predicted molar refractivity (Wildman–Crippen MR) is 42.1 cm³/mol. The zero-order valence-electron chi connectivity index (χ0n) is 5.85. The minimum Gasteiger partial charge on any atom is -0.327 e. The van der Waals surface area contributed by atoms with E-state index >= 15 is 0 Å². The number of hydrogen-bond donors (Lipinski definition) is 1. The van der Waals surface area contributed by atoms with Crippen molar-refractivity contribution < 1.29 is 0 Å². The molecule has 0 rings (SSSR count). The molecule has 0 amide bonds. The van der Waals surface area contributed by atoms with E-state index in [1.165, 1.54) is 0 Å². The van der Waals surface area contributed by atoms with Crippen LogP contribution in [0, 0.1) is 0 Å². The number of rotatable bonds is 3. The Kier molecular flexibility index (Phi) is 3.72. The van der Waals surface area contributed by atoms with Gasteiger partial charge in [0.25, 0.3) is 0 Å². The van der Waals surface area contributed by atoms with Crippen LogP contribution in [0.4, 0.5) is 0 Å². The van der Waals surface area contributed by atoms with Gasteiger partial charge in [0, 0.05) is 6.54 Å². The van der Waals surface area contributed by atoms with E-state index in [4.69, 9.17) is 5.73 Å². The molecule has 0 aromatic rings. The largest absolute Gasteiger partial charge is 0.327 e. The van der Waals surface area contributed by atoms with Gasteiger partial charge in [-0.2, -0.15) is 0 Å². The van der Waals surface area contributed by atoms with E-state index in [0.717, 1.165) is 11.1 Å². The maximum absolute atomic E-state index is 5.28. The Balaban J connectivity index is 3.71. The van der Waals surface area contributed by atoms with Gasteiger partial charge in [-0.3, -0.25) is 0 Å². The molecule has 0 fully saturated rings. The van der Waals surface area contributed by atoms with Gasteiger partial charge in [-0.1, -0.05) is 30.9 Å². The molecule has 1 heteroatoms. The fourth-order valence-corrected chi connectivity index (χ4v) is 0.328. The van der Waals surface area contributed by atoms with Gasteiger partial charge in [0.1, 0.15) is 0 Å². The Morgan fingerprint density at radius 2 is 2.00 bits per heavy atom. The molecule has 50 valence electrons. The van der Waals surface area contributed by atoms with Crippen LogP contribution < -0.4 is 5.73 Å². The van der Waals surface area contributed by atoms with E-state index in [1.54, 1.807) is 0 Å². The molecular weight excluding hydrogens is 110 g/mol. The minimum absolute atomic E-state index is 0.518. The molecule has 0 aliphatic rings. The summed E-state index contributed by atoms with van der Waals surface area (Å²) in [4.78, 5) is 0. The molecule has 0 unspecified atom stereocenters. The van der Waals surface area contributed by atoms with Crippen molar-refractivity contribution in [1.82, 2.24) is 0 Å². The van der Waals surface area contributed by atoms with Crippen LogP contribution in [0.25, 0.3) is 0 Å². The molecule has 0 saturated carbocycles. The van der Waals surface area contributed by atoms with Gasteiger partial charge in [0.15, 0.2) is 0 Å². The van der Waals surface area contributed by atoms with Crippen molar-refractivity contribution in [3.8, 4) is 0 Å². The lowest BCUT2D eigenvalue weighted by Gasteiger charge is -1.90. The fourth-order valence-electron chi connectivity index (χ4n) is 0.328. The van der Waals surface area contributed by atoms with Crippen LogP contribution in [-0.4, -0.2) is 6.54 Å². The first-order valence-corrected chi connectivity index (χ1v) is 2.88. The number of nitrogens with two attached hydrogens (primary N) is 1. The van der Waals surface area contributed by atoms with Gasteiger partial charge in [-0.05, 0) is 12.5 Å². The molecule has 0 atom stereocenters. The van der Waals surface area contributed by atoms with Gasteiger partial charge < -0.3 is 5.73 Å². The summed E-state index contributed by atoms with van der Waals surface area (Å²) in [5, 5.41) is 0. The van der Waals surface area contributed by atoms with E-state index < -0.39 is 0 Å². The summed E-state index contributed by atoms with van der Waals surface area (Å²) in [6.07, 6.45) is 3.78. The van der Waals surface area contributed by atoms with Gasteiger partial charge in [0.2, 0.25) is 0 Å². The number of allylic oxidation sites excluding steroid dienone is 2. The van der Waals surface area contributed by atoms with Crippen molar-refractivity contribution in [2.75, 3.05) is 6.54 Å². The second kappa shape index (κ2) is 4.10. The van der Waals surface area contributed by atoms with Crippen LogP contribution >= 0.6 is 0 Å². The lowest BCUT2D eigenvalue weighted by molar-refractivity contribution is 1.19. The maximum atomic E-state index is 5.28. The highest BCUT2D eigenvalue weighted by molar-refractivity contribution is 5.23. The summed E-state index contributed by atoms with van der Waals surface area (Å²) in [6.45, 7) is 9.83. The molecule has 0 heterocycles. The summed E-state index contributed by atoms with van der Waals surface area (Å²) >= 11 is 0. The molecule has 0 aromatic heterocycles. The number of hydrogen-bond acceptors (Lipinski definition) is 1. The minimum atomic E-state index is 0.518. The second-order valence-electron chi connectivity index (χ2n) is 2.04. The predicted octanol–water partition coefficient (Wildman–Crippen LogP) is 1.63. The molecule has 0 spiro atoms. The second-order valence-corrected chi connectivity index (χ2v) is 2.04. The van der Waals surface area contributed by atoms with Gasteiger partial charge in [-0.15, -0.1) is 0 Å². The van der Waals surface area contributed by atoms with Crippen LogP contribution in [0.5, 0.6) is 0 Å². The first-order valence-electron chi connectivity index (χ1n) is 2.88. The van der Waals surface area contributed by atoms with E-state index in [-0.39, 0.29) is 0 Å². The molecule has 0 saturated heterocycles. The lowest BCUT2D eigenvalue weighted by Crippen LogP contribution is -1.98. The van der Waals surface area contributed by atoms with Crippen molar-refractivity contribution in [2.45, 2.75) is 6.92 Å². The van der Waals surface area contributed by atoms with Crippen LogP contribution in [0.1, 0.15) is 6.92 Å². The van der Waals surface area contributed by atoms with E-state index in [2.05, 4.69) is 13.2 Å². The molecule has 0 radical (unpaired) electrons. The van der Waals surface area contributed by atoms with Gasteiger partial charge >= 0.3 is 0 Å². The Morgan fingerprint density at radius 3 is 2.33 bits per heavy atom. The third-order valence-corrected chi connectivity index (χ3v) is 0.866. The van der Waals surface area contributed by atoms with Gasteiger partial charge in [-0.25, -0.2) is 0 Å². The average Bonchev–Trinajstić information content (AvgIpc) is 1.83. The molecule has 0 aliphatic carbocycles. The first-order chi connectivity index (χ1) is 4.16. The van der Waals surface area contributed by atoms with E-state index in [0.29, 0.717) is 6.54 Å². The Labute approximate surface area is 56.6 Å². The van der Waals surface area contributed by atoms with Crippen molar-refractivity contribution >= 4 is 0 Å². The van der Waals surface area contributed by atoms with E-state index in [1.807, 2.05) is 19.1 Å². The summed E-state index contributed by atoms with van der Waals surface area (Å²) in [5.74, 6) is 0. The van der Waals surface area contributed by atoms with Crippen LogP contribution in [0.2, 0.25) is 0 Å². The fraction of sp³-hybridized carbons (Fsp3) is 0.250. The summed E-state index contributed by atoms with van der Waals surface area (Å²) in [6, 6.07) is 0. The summed E-state index contributed by atoms with van der Waals surface area (Å²) < 4.78 is 0. The highest BCUT2D eigenvalue weighted by atomic mass is 14.5. The SMILES string of the molecule is C=C(C)C=CC(=C)CN. The summed E-state index contributed by atoms with van der Waals surface area (Å²) in [7, 11) is 0. The highest BCUT2D eigenvalue weighted by Gasteiger charge is 1.79. The topological polar surface area (TPSA) is 26.0 Å². The van der Waals surface area contributed by atoms with Crippen molar-refractivity contribution in [1.29, 1.82) is 0 Å². The Hall–Kier alpha value is -0.820. The molecule has 0 bridgehead atoms. The zero-order chi connectivity index (χ0) is 7.28. The lowest BCUT2D eigenvalue weighted by atomic mass is 10.2. The Morgan fingerprint density at radius 1 is 1.44 bits per heavy atom. The molecule has 0 aromatic carbocycles. The smallest absolute Gasteiger partial charge is 0.0172 e. The Bertz CT molecular complexity index is 143. The van der Waals surface area contributed by atoms with Gasteiger partial charge in [0.05, 0.1) is 0 Å². The maximum Gasteiger partial charge on any atom is 0.0172 e. The molecular formula is C8H13N. The third kappa shape index (κ3) is 5.04. The van der Waals surface area contributed by atoms with Crippen LogP contribution in [0.3, 0.4) is 0 Å². The van der Waals surface area contributed by atoms with Crippen molar-refractivity contribution in [3.63, 3.8) is 0 Å². The normalized spacial score (nSPS) is 10.0. The third-order valence-electron chi connectivity index (χ3n) is 0.866. The molecule has 2 N–H and O–H groups in total. The molecule has 1 nitrogen and oxygen atoms in total. The quantitative estimate of drug-likeness (QED) is 0.567. The van der Waals surface area contributed by atoms with Crippen LogP contribution in [-0.2, 0) is 0 Å². The highest BCUT2D eigenvalue weighted by Crippen LogP contribution is 1.94. The first kappa shape index (κ1) is 8.18. The van der Waals surface area contributed by atoms with Crippen LogP contribution in [0.15, 0.2) is 36.5 Å².